The number of hydrogen-bond acceptors (Lipinski definition) is 3. The Labute approximate surface area is 129 Å². The molecule has 21 heavy (non-hydrogen) atoms. The molecule has 5 heteroatoms. The van der Waals surface area contributed by atoms with E-state index >= 15 is 0 Å². The highest BCUT2D eigenvalue weighted by Gasteiger charge is 2.24. The van der Waals surface area contributed by atoms with Crippen LogP contribution in [0.2, 0.25) is 0 Å². The Morgan fingerprint density at radius 3 is 2.29 bits per heavy atom. The van der Waals surface area contributed by atoms with Gasteiger partial charge in [-0.05, 0) is 62.8 Å². The number of nitrogens with two attached hydrogens (primary N) is 1. The van der Waals surface area contributed by atoms with E-state index in [4.69, 9.17) is 5.73 Å². The van der Waals surface area contributed by atoms with Crippen LogP contribution in [0.3, 0.4) is 0 Å². The maximum Gasteiger partial charge on any atom is 0.241 e. The smallest absolute Gasteiger partial charge is 0.241 e. The van der Waals surface area contributed by atoms with E-state index in [1.165, 1.54) is 0 Å². The Morgan fingerprint density at radius 1 is 1.19 bits per heavy atom. The molecule has 2 atom stereocenters. The quantitative estimate of drug-likeness (QED) is 0.792. The number of benzene rings is 1. The highest BCUT2D eigenvalue weighted by atomic mass is 32.2. The first-order chi connectivity index (χ1) is 9.60. The monoisotopic (exact) mass is 312 g/mol. The van der Waals surface area contributed by atoms with Crippen LogP contribution < -0.4 is 10.5 Å². The molecular weight excluding hydrogens is 284 g/mol. The molecule has 0 saturated carbocycles. The summed E-state index contributed by atoms with van der Waals surface area (Å²) in [6.45, 7) is 11.6. The third-order valence-corrected chi connectivity index (χ3v) is 6.02. The number of hydrogen-bond donors (Lipinski definition) is 2. The van der Waals surface area contributed by atoms with Crippen molar-refractivity contribution in [2.24, 2.45) is 5.92 Å². The summed E-state index contributed by atoms with van der Waals surface area (Å²) in [4.78, 5) is 0.330. The highest BCUT2D eigenvalue weighted by Crippen LogP contribution is 2.28. The summed E-state index contributed by atoms with van der Waals surface area (Å²) < 4.78 is 28.2. The normalized spacial score (nSPS) is 15.0. The van der Waals surface area contributed by atoms with E-state index in [1.54, 1.807) is 6.92 Å². The fraction of sp³-hybridized carbons (Fsp3) is 0.625. The Bertz CT molecular complexity index is 583. The fourth-order valence-corrected chi connectivity index (χ4v) is 4.42. The minimum atomic E-state index is -3.55. The molecule has 0 fully saturated rings. The Morgan fingerprint density at radius 2 is 1.76 bits per heavy atom. The number of nitrogen functional groups attached to an aromatic ring is 1. The molecule has 0 saturated heterocycles. The van der Waals surface area contributed by atoms with Crippen LogP contribution in [0.1, 0.15) is 50.3 Å². The molecule has 0 bridgehead atoms. The Hall–Kier alpha value is -1.07. The highest BCUT2D eigenvalue weighted by molar-refractivity contribution is 7.89. The van der Waals surface area contributed by atoms with E-state index in [0.29, 0.717) is 22.1 Å². The van der Waals surface area contributed by atoms with Crippen molar-refractivity contribution in [2.45, 2.75) is 65.3 Å². The minimum Gasteiger partial charge on any atom is -0.398 e. The molecule has 0 aliphatic rings. The zero-order valence-electron chi connectivity index (χ0n) is 13.9. The molecule has 120 valence electrons. The van der Waals surface area contributed by atoms with Gasteiger partial charge in [0.1, 0.15) is 0 Å². The van der Waals surface area contributed by atoms with Gasteiger partial charge >= 0.3 is 0 Å². The number of sulfonamides is 1. The van der Waals surface area contributed by atoms with Crippen molar-refractivity contribution in [3.05, 3.63) is 22.8 Å². The maximum absolute atomic E-state index is 12.7. The molecule has 0 radical (unpaired) electrons. The topological polar surface area (TPSA) is 72.2 Å². The van der Waals surface area contributed by atoms with Crippen LogP contribution in [0, 0.1) is 26.7 Å². The van der Waals surface area contributed by atoms with Gasteiger partial charge in [0.05, 0.1) is 4.90 Å². The van der Waals surface area contributed by atoms with Gasteiger partial charge in [-0.25, -0.2) is 13.1 Å². The molecule has 0 spiro atoms. The number of rotatable bonds is 6. The molecule has 4 nitrogen and oxygen atoms in total. The van der Waals surface area contributed by atoms with Crippen LogP contribution in [-0.2, 0) is 10.0 Å². The van der Waals surface area contributed by atoms with Crippen molar-refractivity contribution in [1.29, 1.82) is 0 Å². The minimum absolute atomic E-state index is 0.0921. The Kier molecular flexibility index (Phi) is 5.82. The molecule has 0 heterocycles. The predicted octanol–water partition coefficient (Wildman–Crippen LogP) is 3.30. The summed E-state index contributed by atoms with van der Waals surface area (Å²) in [5, 5.41) is 0. The molecule has 2 unspecified atom stereocenters. The van der Waals surface area contributed by atoms with Gasteiger partial charge in [0.15, 0.2) is 0 Å². The average Bonchev–Trinajstić information content (AvgIpc) is 2.35. The van der Waals surface area contributed by atoms with Crippen LogP contribution in [0.5, 0.6) is 0 Å². The molecule has 1 aromatic carbocycles. The second-order valence-electron chi connectivity index (χ2n) is 6.13. The van der Waals surface area contributed by atoms with Crippen molar-refractivity contribution in [1.82, 2.24) is 4.72 Å². The Balaban J connectivity index is 3.15. The first kappa shape index (κ1) is 18.0. The van der Waals surface area contributed by atoms with Gasteiger partial charge in [-0.15, -0.1) is 0 Å². The molecule has 1 aromatic rings. The third-order valence-electron chi connectivity index (χ3n) is 4.16. The summed E-state index contributed by atoms with van der Waals surface area (Å²) in [6, 6.07) is 1.73. The van der Waals surface area contributed by atoms with Crippen molar-refractivity contribution in [3.8, 4) is 0 Å². The van der Waals surface area contributed by atoms with Gasteiger partial charge in [-0.1, -0.05) is 20.3 Å². The van der Waals surface area contributed by atoms with Crippen molar-refractivity contribution >= 4 is 15.7 Å². The summed E-state index contributed by atoms with van der Waals surface area (Å²) in [5.74, 6) is 0.493. The lowest BCUT2D eigenvalue weighted by atomic mass is 10.0. The number of aryl methyl sites for hydroxylation is 1. The summed E-state index contributed by atoms with van der Waals surface area (Å²) in [7, 11) is -3.55. The first-order valence-corrected chi connectivity index (χ1v) is 8.97. The maximum atomic E-state index is 12.7. The molecule has 3 N–H and O–H groups in total. The van der Waals surface area contributed by atoms with E-state index in [1.807, 2.05) is 26.8 Å². The van der Waals surface area contributed by atoms with Crippen LogP contribution in [-0.4, -0.2) is 14.5 Å². The standard InChI is InChI=1S/C16H28N2O2S/c1-7-10(2)8-12(4)18-21(19,20)16-13(5)11(3)9-15(17)14(16)6/h9-10,12,18H,7-8,17H2,1-6H3. The van der Waals surface area contributed by atoms with Gasteiger partial charge in [-0.2, -0.15) is 0 Å². The van der Waals surface area contributed by atoms with Gasteiger partial charge in [-0.3, -0.25) is 0 Å². The zero-order chi connectivity index (χ0) is 16.4. The number of anilines is 1. The van der Waals surface area contributed by atoms with Gasteiger partial charge in [0.25, 0.3) is 0 Å². The lowest BCUT2D eigenvalue weighted by molar-refractivity contribution is 0.445. The van der Waals surface area contributed by atoms with Gasteiger partial charge in [0, 0.05) is 11.7 Å². The molecule has 0 aliphatic heterocycles. The van der Waals surface area contributed by atoms with Crippen molar-refractivity contribution < 1.29 is 8.42 Å². The lowest BCUT2D eigenvalue weighted by Gasteiger charge is -2.20. The fourth-order valence-electron chi connectivity index (χ4n) is 2.59. The second-order valence-corrected chi connectivity index (χ2v) is 7.78. The van der Waals surface area contributed by atoms with Gasteiger partial charge < -0.3 is 5.73 Å². The molecule has 0 aromatic heterocycles. The zero-order valence-corrected chi connectivity index (χ0v) is 14.8. The van der Waals surface area contributed by atoms with E-state index in [2.05, 4.69) is 18.6 Å². The average molecular weight is 312 g/mol. The van der Waals surface area contributed by atoms with E-state index in [9.17, 15) is 8.42 Å². The van der Waals surface area contributed by atoms with Gasteiger partial charge in [0.2, 0.25) is 10.0 Å². The summed E-state index contributed by atoms with van der Waals surface area (Å²) in [5.41, 5.74) is 8.74. The van der Waals surface area contributed by atoms with E-state index < -0.39 is 10.0 Å². The molecular formula is C16H28N2O2S. The predicted molar refractivity (Wildman–Crippen MR) is 88.9 cm³/mol. The molecule has 1 rings (SSSR count). The van der Waals surface area contributed by atoms with E-state index in [-0.39, 0.29) is 6.04 Å². The van der Waals surface area contributed by atoms with E-state index in [0.717, 1.165) is 24.0 Å². The summed E-state index contributed by atoms with van der Waals surface area (Å²) >= 11 is 0. The molecule has 0 amide bonds. The van der Waals surface area contributed by atoms with Crippen LogP contribution in [0.15, 0.2) is 11.0 Å². The van der Waals surface area contributed by atoms with Crippen LogP contribution >= 0.6 is 0 Å². The SMILES string of the molecule is CCC(C)CC(C)NS(=O)(=O)c1c(C)c(C)cc(N)c1C. The summed E-state index contributed by atoms with van der Waals surface area (Å²) in [6.07, 6.45) is 1.87. The van der Waals surface area contributed by atoms with Crippen LogP contribution in [0.4, 0.5) is 5.69 Å². The number of nitrogens with one attached hydrogen (secondary N) is 1. The van der Waals surface area contributed by atoms with Crippen molar-refractivity contribution in [2.75, 3.05) is 5.73 Å². The lowest BCUT2D eigenvalue weighted by Crippen LogP contribution is -2.34. The van der Waals surface area contributed by atoms with Crippen molar-refractivity contribution in [3.63, 3.8) is 0 Å². The second kappa shape index (κ2) is 6.79. The van der Waals surface area contributed by atoms with Crippen LogP contribution in [0.25, 0.3) is 0 Å². The third kappa shape index (κ3) is 4.20. The first-order valence-electron chi connectivity index (χ1n) is 7.48. The largest absolute Gasteiger partial charge is 0.398 e. The molecule has 0 aliphatic carbocycles.